The summed E-state index contributed by atoms with van der Waals surface area (Å²) in [5.74, 6) is 1.53. The standard InChI is InChI=1S/C21H25ClN2O3/c1-16-14-19(8-9-20(16)22)27-15-21(25)24-11-3-10-23(12-13-24)17-4-6-18(26-2)7-5-17/h4-9,14H,3,10-13,15H2,1-2H3. The maximum absolute atomic E-state index is 12.5. The lowest BCUT2D eigenvalue weighted by Gasteiger charge is -2.24. The second-order valence-electron chi connectivity index (χ2n) is 6.62. The molecule has 1 aliphatic heterocycles. The first-order valence-electron chi connectivity index (χ1n) is 9.12. The number of halogens is 1. The monoisotopic (exact) mass is 388 g/mol. The number of hydrogen-bond donors (Lipinski definition) is 0. The van der Waals surface area contributed by atoms with E-state index in [-0.39, 0.29) is 12.5 Å². The van der Waals surface area contributed by atoms with Crippen LogP contribution < -0.4 is 14.4 Å². The summed E-state index contributed by atoms with van der Waals surface area (Å²) in [5.41, 5.74) is 2.09. The number of hydrogen-bond acceptors (Lipinski definition) is 4. The van der Waals surface area contributed by atoms with Crippen molar-refractivity contribution < 1.29 is 14.3 Å². The maximum Gasteiger partial charge on any atom is 0.260 e. The minimum absolute atomic E-state index is 0.0131. The summed E-state index contributed by atoms with van der Waals surface area (Å²) in [6.07, 6.45) is 0.928. The molecule has 2 aromatic carbocycles. The van der Waals surface area contributed by atoms with Gasteiger partial charge < -0.3 is 19.3 Å². The molecule has 5 nitrogen and oxygen atoms in total. The molecule has 0 bridgehead atoms. The van der Waals surface area contributed by atoms with Crippen molar-refractivity contribution in [2.75, 3.05) is 44.8 Å². The van der Waals surface area contributed by atoms with Crippen LogP contribution in [0.4, 0.5) is 5.69 Å². The molecule has 0 spiro atoms. The zero-order valence-corrected chi connectivity index (χ0v) is 16.5. The van der Waals surface area contributed by atoms with Gasteiger partial charge in [0.05, 0.1) is 7.11 Å². The Morgan fingerprint density at radius 1 is 1.04 bits per heavy atom. The molecule has 0 aliphatic carbocycles. The van der Waals surface area contributed by atoms with Crippen molar-refractivity contribution >= 4 is 23.2 Å². The first-order chi connectivity index (χ1) is 13.1. The van der Waals surface area contributed by atoms with Crippen molar-refractivity contribution in [2.45, 2.75) is 13.3 Å². The van der Waals surface area contributed by atoms with Crippen LogP contribution in [0.3, 0.4) is 0 Å². The fraction of sp³-hybridized carbons (Fsp3) is 0.381. The van der Waals surface area contributed by atoms with Gasteiger partial charge in [0.2, 0.25) is 0 Å². The van der Waals surface area contributed by atoms with Crippen molar-refractivity contribution in [1.82, 2.24) is 4.90 Å². The quantitative estimate of drug-likeness (QED) is 0.781. The van der Waals surface area contributed by atoms with Gasteiger partial charge >= 0.3 is 0 Å². The average molecular weight is 389 g/mol. The number of anilines is 1. The second kappa shape index (κ2) is 9.00. The van der Waals surface area contributed by atoms with E-state index in [1.807, 2.05) is 30.0 Å². The molecular formula is C21H25ClN2O3. The predicted octanol–water partition coefficient (Wildman–Crippen LogP) is 3.77. The number of nitrogens with zero attached hydrogens (tertiary/aromatic N) is 2. The number of aryl methyl sites for hydroxylation is 1. The van der Waals surface area contributed by atoms with Crippen LogP contribution in [0.25, 0.3) is 0 Å². The van der Waals surface area contributed by atoms with E-state index in [1.165, 1.54) is 0 Å². The largest absolute Gasteiger partial charge is 0.497 e. The maximum atomic E-state index is 12.5. The summed E-state index contributed by atoms with van der Waals surface area (Å²) in [5, 5.41) is 0.694. The normalized spacial score (nSPS) is 14.6. The molecule has 0 N–H and O–H groups in total. The zero-order chi connectivity index (χ0) is 19.2. The number of ether oxygens (including phenoxy) is 2. The minimum atomic E-state index is 0.0131. The van der Waals surface area contributed by atoms with Crippen molar-refractivity contribution in [3.05, 3.63) is 53.1 Å². The minimum Gasteiger partial charge on any atom is -0.497 e. The summed E-state index contributed by atoms with van der Waals surface area (Å²) in [6, 6.07) is 13.5. The summed E-state index contributed by atoms with van der Waals surface area (Å²) in [7, 11) is 1.66. The molecule has 0 atom stereocenters. The summed E-state index contributed by atoms with van der Waals surface area (Å²) < 4.78 is 10.9. The Labute approximate surface area is 165 Å². The first-order valence-corrected chi connectivity index (χ1v) is 9.50. The molecular weight excluding hydrogens is 364 g/mol. The van der Waals surface area contributed by atoms with Crippen LogP contribution in [0.15, 0.2) is 42.5 Å². The molecule has 1 fully saturated rings. The lowest BCUT2D eigenvalue weighted by atomic mass is 10.2. The second-order valence-corrected chi connectivity index (χ2v) is 7.03. The van der Waals surface area contributed by atoms with Crippen molar-refractivity contribution in [3.8, 4) is 11.5 Å². The third-order valence-electron chi connectivity index (χ3n) is 4.78. The Hall–Kier alpha value is -2.40. The van der Waals surface area contributed by atoms with Crippen LogP contribution >= 0.6 is 11.6 Å². The Balaban J connectivity index is 1.53. The third-order valence-corrected chi connectivity index (χ3v) is 5.20. The van der Waals surface area contributed by atoms with E-state index in [0.29, 0.717) is 17.3 Å². The highest BCUT2D eigenvalue weighted by atomic mass is 35.5. The van der Waals surface area contributed by atoms with Gasteiger partial charge in [-0.05, 0) is 61.4 Å². The third kappa shape index (κ3) is 5.07. The summed E-state index contributed by atoms with van der Waals surface area (Å²) in [4.78, 5) is 16.7. The Morgan fingerprint density at radius 3 is 2.48 bits per heavy atom. The van der Waals surface area contributed by atoms with E-state index >= 15 is 0 Å². The van der Waals surface area contributed by atoms with Gasteiger partial charge in [0, 0.05) is 36.9 Å². The van der Waals surface area contributed by atoms with E-state index in [2.05, 4.69) is 17.0 Å². The number of amides is 1. The highest BCUT2D eigenvalue weighted by molar-refractivity contribution is 6.31. The van der Waals surface area contributed by atoms with Gasteiger partial charge in [0.15, 0.2) is 6.61 Å². The number of rotatable bonds is 5. The molecule has 1 aliphatic rings. The molecule has 0 radical (unpaired) electrons. The molecule has 1 saturated heterocycles. The van der Waals surface area contributed by atoms with Gasteiger partial charge in [-0.1, -0.05) is 11.6 Å². The molecule has 3 rings (SSSR count). The fourth-order valence-corrected chi connectivity index (χ4v) is 3.28. The van der Waals surface area contributed by atoms with Crippen LogP contribution in [-0.2, 0) is 4.79 Å². The Morgan fingerprint density at radius 2 is 1.78 bits per heavy atom. The zero-order valence-electron chi connectivity index (χ0n) is 15.8. The molecule has 0 saturated carbocycles. The summed E-state index contributed by atoms with van der Waals surface area (Å²) >= 11 is 6.02. The van der Waals surface area contributed by atoms with Gasteiger partial charge in [-0.3, -0.25) is 4.79 Å². The first kappa shape index (κ1) is 19.4. The van der Waals surface area contributed by atoms with Crippen LogP contribution in [0.2, 0.25) is 5.02 Å². The number of methoxy groups -OCH3 is 1. The van der Waals surface area contributed by atoms with E-state index in [0.717, 1.165) is 43.1 Å². The molecule has 0 aromatic heterocycles. The predicted molar refractivity (Wildman–Crippen MR) is 108 cm³/mol. The van der Waals surface area contributed by atoms with Crippen molar-refractivity contribution in [2.24, 2.45) is 0 Å². The SMILES string of the molecule is COc1ccc(N2CCCN(C(=O)COc3ccc(Cl)c(C)c3)CC2)cc1. The van der Waals surface area contributed by atoms with Gasteiger partial charge in [0.25, 0.3) is 5.91 Å². The smallest absolute Gasteiger partial charge is 0.260 e. The topological polar surface area (TPSA) is 42.0 Å². The van der Waals surface area contributed by atoms with E-state index in [1.54, 1.807) is 19.2 Å². The number of benzene rings is 2. The number of carbonyl (C=O) groups is 1. The van der Waals surface area contributed by atoms with Crippen molar-refractivity contribution in [1.29, 1.82) is 0 Å². The average Bonchev–Trinajstić information content (AvgIpc) is 2.95. The van der Waals surface area contributed by atoms with E-state index in [9.17, 15) is 4.79 Å². The van der Waals surface area contributed by atoms with Gasteiger partial charge in [-0.25, -0.2) is 0 Å². The molecule has 1 amide bonds. The van der Waals surface area contributed by atoms with Crippen LogP contribution in [0.1, 0.15) is 12.0 Å². The van der Waals surface area contributed by atoms with Crippen LogP contribution in [0.5, 0.6) is 11.5 Å². The molecule has 27 heavy (non-hydrogen) atoms. The molecule has 144 valence electrons. The van der Waals surface area contributed by atoms with Crippen LogP contribution in [-0.4, -0.2) is 50.7 Å². The lowest BCUT2D eigenvalue weighted by molar-refractivity contribution is -0.133. The van der Waals surface area contributed by atoms with E-state index < -0.39 is 0 Å². The highest BCUT2D eigenvalue weighted by Gasteiger charge is 2.20. The van der Waals surface area contributed by atoms with Gasteiger partial charge in [0.1, 0.15) is 11.5 Å². The molecule has 1 heterocycles. The molecule has 0 unspecified atom stereocenters. The molecule has 2 aromatic rings. The van der Waals surface area contributed by atoms with Crippen molar-refractivity contribution in [3.63, 3.8) is 0 Å². The fourth-order valence-electron chi connectivity index (χ4n) is 3.16. The summed E-state index contributed by atoms with van der Waals surface area (Å²) in [6.45, 7) is 5.12. The van der Waals surface area contributed by atoms with E-state index in [4.69, 9.17) is 21.1 Å². The lowest BCUT2D eigenvalue weighted by Crippen LogP contribution is -2.38. The Bertz CT molecular complexity index is 779. The number of carbonyl (C=O) groups excluding carboxylic acids is 1. The van der Waals surface area contributed by atoms with Gasteiger partial charge in [-0.15, -0.1) is 0 Å². The highest BCUT2D eigenvalue weighted by Crippen LogP contribution is 2.22. The Kier molecular flexibility index (Phi) is 6.45. The van der Waals surface area contributed by atoms with Gasteiger partial charge in [-0.2, -0.15) is 0 Å². The van der Waals surface area contributed by atoms with Crippen LogP contribution in [0, 0.1) is 6.92 Å². The molecule has 6 heteroatoms.